The summed E-state index contributed by atoms with van der Waals surface area (Å²) in [6.07, 6.45) is 1.48. The third kappa shape index (κ3) is 2.13. The Morgan fingerprint density at radius 2 is 2.29 bits per heavy atom. The number of hydrogen-bond acceptors (Lipinski definition) is 2. The Bertz CT molecular complexity index is 376. The fourth-order valence-corrected chi connectivity index (χ4v) is 1.30. The van der Waals surface area contributed by atoms with E-state index in [4.69, 9.17) is 22.4 Å². The van der Waals surface area contributed by atoms with Crippen molar-refractivity contribution < 1.29 is 9.90 Å². The van der Waals surface area contributed by atoms with Gasteiger partial charge in [0.15, 0.2) is 0 Å². The summed E-state index contributed by atoms with van der Waals surface area (Å²) in [7, 11) is 0. The van der Waals surface area contributed by atoms with Crippen molar-refractivity contribution in [3.05, 3.63) is 47.0 Å². The minimum absolute atomic E-state index is 0.116. The van der Waals surface area contributed by atoms with Crippen molar-refractivity contribution in [2.24, 2.45) is 5.73 Å². The Kier molecular flexibility index (Phi) is 3.28. The number of halogens is 1. The molecule has 0 saturated carbocycles. The van der Waals surface area contributed by atoms with Gasteiger partial charge in [-0.15, -0.1) is 6.58 Å². The zero-order valence-corrected chi connectivity index (χ0v) is 8.16. The molecule has 0 heterocycles. The van der Waals surface area contributed by atoms with E-state index in [0.717, 1.165) is 0 Å². The molecule has 1 aromatic carbocycles. The first-order valence-corrected chi connectivity index (χ1v) is 4.35. The molecule has 0 bridgehead atoms. The summed E-state index contributed by atoms with van der Waals surface area (Å²) in [5, 5.41) is 9.26. The van der Waals surface area contributed by atoms with Gasteiger partial charge in [-0.1, -0.05) is 23.7 Å². The van der Waals surface area contributed by atoms with E-state index in [1.54, 1.807) is 12.1 Å². The van der Waals surface area contributed by atoms with Crippen molar-refractivity contribution >= 4 is 17.6 Å². The second-order valence-electron chi connectivity index (χ2n) is 2.80. The third-order valence-electron chi connectivity index (χ3n) is 1.86. The maximum absolute atomic E-state index is 10.8. The Hall–Kier alpha value is -1.32. The van der Waals surface area contributed by atoms with Crippen molar-refractivity contribution in [3.8, 4) is 0 Å². The first-order chi connectivity index (χ1) is 6.56. The highest BCUT2D eigenvalue weighted by Crippen LogP contribution is 2.21. The lowest BCUT2D eigenvalue weighted by Gasteiger charge is -2.10. The van der Waals surface area contributed by atoms with Gasteiger partial charge in [-0.2, -0.15) is 0 Å². The van der Waals surface area contributed by atoms with Gasteiger partial charge in [-0.3, -0.25) is 0 Å². The van der Waals surface area contributed by atoms with Crippen LogP contribution in [-0.2, 0) is 0 Å². The van der Waals surface area contributed by atoms with Gasteiger partial charge < -0.3 is 10.8 Å². The lowest BCUT2D eigenvalue weighted by Crippen LogP contribution is -2.12. The number of aromatic carboxylic acids is 1. The predicted octanol–water partition coefficient (Wildman–Crippen LogP) is 2.22. The molecule has 4 heteroatoms. The average Bonchev–Trinajstić information content (AvgIpc) is 2.16. The molecule has 0 aliphatic rings. The molecule has 74 valence electrons. The highest BCUT2D eigenvalue weighted by molar-refractivity contribution is 6.31. The molecule has 1 unspecified atom stereocenters. The Morgan fingerprint density at radius 1 is 1.64 bits per heavy atom. The molecule has 0 spiro atoms. The van der Waals surface area contributed by atoms with Crippen LogP contribution in [0.15, 0.2) is 30.9 Å². The molecule has 3 nitrogen and oxygen atoms in total. The van der Waals surface area contributed by atoms with Crippen LogP contribution in [-0.4, -0.2) is 11.1 Å². The SMILES string of the molecule is C=CC(N)c1ccc(Cl)cc1C(=O)O. The monoisotopic (exact) mass is 211 g/mol. The molecule has 0 aliphatic carbocycles. The summed E-state index contributed by atoms with van der Waals surface area (Å²) in [6, 6.07) is 4.09. The number of carbonyl (C=O) groups is 1. The molecular formula is C10H10ClNO2. The van der Waals surface area contributed by atoms with Crippen molar-refractivity contribution in [1.29, 1.82) is 0 Å². The van der Waals surface area contributed by atoms with E-state index < -0.39 is 12.0 Å². The quantitative estimate of drug-likeness (QED) is 0.754. The first-order valence-electron chi connectivity index (χ1n) is 3.97. The van der Waals surface area contributed by atoms with Crippen LogP contribution in [0.1, 0.15) is 22.0 Å². The highest BCUT2D eigenvalue weighted by atomic mass is 35.5. The molecular weight excluding hydrogens is 202 g/mol. The van der Waals surface area contributed by atoms with Crippen molar-refractivity contribution in [2.75, 3.05) is 0 Å². The maximum atomic E-state index is 10.8. The number of nitrogens with two attached hydrogens (primary N) is 1. The van der Waals surface area contributed by atoms with Crippen molar-refractivity contribution in [2.45, 2.75) is 6.04 Å². The largest absolute Gasteiger partial charge is 0.478 e. The van der Waals surface area contributed by atoms with Crippen LogP contribution < -0.4 is 5.73 Å². The fourth-order valence-electron chi connectivity index (χ4n) is 1.13. The van der Waals surface area contributed by atoms with Crippen LogP contribution in [0.25, 0.3) is 0 Å². The summed E-state index contributed by atoms with van der Waals surface area (Å²) in [5.41, 5.74) is 6.29. The summed E-state index contributed by atoms with van der Waals surface area (Å²) < 4.78 is 0. The number of hydrogen-bond donors (Lipinski definition) is 2. The fraction of sp³-hybridized carbons (Fsp3) is 0.100. The van der Waals surface area contributed by atoms with Crippen LogP contribution in [0.2, 0.25) is 5.02 Å². The van der Waals surface area contributed by atoms with Gasteiger partial charge in [0, 0.05) is 11.1 Å². The molecule has 1 aromatic rings. The second kappa shape index (κ2) is 4.26. The number of rotatable bonds is 3. The van der Waals surface area contributed by atoms with Gasteiger partial charge in [0.2, 0.25) is 0 Å². The molecule has 0 radical (unpaired) electrons. The van der Waals surface area contributed by atoms with Crippen LogP contribution in [0.4, 0.5) is 0 Å². The number of benzene rings is 1. The Balaban J connectivity index is 3.28. The topological polar surface area (TPSA) is 63.3 Å². The summed E-state index contributed by atoms with van der Waals surface area (Å²) in [5.74, 6) is -1.04. The summed E-state index contributed by atoms with van der Waals surface area (Å²) in [4.78, 5) is 10.8. The normalized spacial score (nSPS) is 12.1. The summed E-state index contributed by atoms with van der Waals surface area (Å²) >= 11 is 5.68. The highest BCUT2D eigenvalue weighted by Gasteiger charge is 2.13. The smallest absolute Gasteiger partial charge is 0.336 e. The molecule has 1 atom stereocenters. The molecule has 0 saturated heterocycles. The zero-order chi connectivity index (χ0) is 10.7. The molecule has 3 N–H and O–H groups in total. The number of carboxylic acids is 1. The average molecular weight is 212 g/mol. The van der Waals surface area contributed by atoms with Crippen molar-refractivity contribution in [3.63, 3.8) is 0 Å². The number of carboxylic acid groups (broad SMARTS) is 1. The van der Waals surface area contributed by atoms with E-state index in [0.29, 0.717) is 10.6 Å². The van der Waals surface area contributed by atoms with Gasteiger partial charge in [0.05, 0.1) is 5.56 Å². The Morgan fingerprint density at radius 3 is 2.79 bits per heavy atom. The van der Waals surface area contributed by atoms with E-state index in [1.165, 1.54) is 12.1 Å². The minimum Gasteiger partial charge on any atom is -0.478 e. The zero-order valence-electron chi connectivity index (χ0n) is 7.40. The minimum atomic E-state index is -1.04. The van der Waals surface area contributed by atoms with E-state index in [1.807, 2.05) is 0 Å². The molecule has 0 aromatic heterocycles. The van der Waals surface area contributed by atoms with E-state index in [-0.39, 0.29) is 5.56 Å². The van der Waals surface area contributed by atoms with Crippen LogP contribution in [0, 0.1) is 0 Å². The third-order valence-corrected chi connectivity index (χ3v) is 2.09. The van der Waals surface area contributed by atoms with Gasteiger partial charge in [-0.05, 0) is 17.7 Å². The lowest BCUT2D eigenvalue weighted by molar-refractivity contribution is 0.0695. The van der Waals surface area contributed by atoms with Crippen LogP contribution in [0.3, 0.4) is 0 Å². The molecule has 1 rings (SSSR count). The summed E-state index contributed by atoms with van der Waals surface area (Å²) in [6.45, 7) is 3.51. The van der Waals surface area contributed by atoms with Gasteiger partial charge in [0.25, 0.3) is 0 Å². The van der Waals surface area contributed by atoms with Crippen molar-refractivity contribution in [1.82, 2.24) is 0 Å². The predicted molar refractivity (Wildman–Crippen MR) is 55.5 cm³/mol. The van der Waals surface area contributed by atoms with Gasteiger partial charge >= 0.3 is 5.97 Å². The first kappa shape index (κ1) is 10.8. The van der Waals surface area contributed by atoms with E-state index in [9.17, 15) is 4.79 Å². The molecule has 0 amide bonds. The molecule has 0 fully saturated rings. The maximum Gasteiger partial charge on any atom is 0.336 e. The van der Waals surface area contributed by atoms with Crippen LogP contribution in [0.5, 0.6) is 0 Å². The van der Waals surface area contributed by atoms with E-state index >= 15 is 0 Å². The molecule has 0 aliphatic heterocycles. The van der Waals surface area contributed by atoms with Crippen LogP contribution >= 0.6 is 11.6 Å². The Labute approximate surface area is 86.8 Å². The van der Waals surface area contributed by atoms with Gasteiger partial charge in [0.1, 0.15) is 0 Å². The lowest BCUT2D eigenvalue weighted by atomic mass is 10.0. The second-order valence-corrected chi connectivity index (χ2v) is 3.23. The standard InChI is InChI=1S/C10H10ClNO2/c1-2-9(12)7-4-3-6(11)5-8(7)10(13)14/h2-5,9H,1,12H2,(H,13,14). The van der Waals surface area contributed by atoms with Gasteiger partial charge in [-0.25, -0.2) is 4.79 Å². The van der Waals surface area contributed by atoms with E-state index in [2.05, 4.69) is 6.58 Å². The molecule has 14 heavy (non-hydrogen) atoms.